The molecule has 0 saturated carbocycles. The third-order valence-corrected chi connectivity index (χ3v) is 6.66. The number of nitrogens with zero attached hydrogens (tertiary/aromatic N) is 2. The topological polar surface area (TPSA) is 87.8 Å². The summed E-state index contributed by atoms with van der Waals surface area (Å²) in [6.07, 6.45) is 0. The van der Waals surface area contributed by atoms with Gasteiger partial charge in [0.05, 0.1) is 11.4 Å². The van der Waals surface area contributed by atoms with E-state index in [2.05, 4.69) is 9.71 Å². The zero-order valence-corrected chi connectivity index (χ0v) is 19.7. The van der Waals surface area contributed by atoms with Crippen molar-refractivity contribution in [3.05, 3.63) is 65.5 Å². The van der Waals surface area contributed by atoms with Gasteiger partial charge in [-0.1, -0.05) is 24.3 Å². The molecule has 0 bridgehead atoms. The van der Waals surface area contributed by atoms with Crippen molar-refractivity contribution in [3.63, 3.8) is 0 Å². The van der Waals surface area contributed by atoms with E-state index in [1.807, 2.05) is 22.7 Å². The number of guanidine groups is 1. The molecule has 0 radical (unpaired) electrons. The fourth-order valence-electron chi connectivity index (χ4n) is 2.78. The van der Waals surface area contributed by atoms with Crippen molar-refractivity contribution in [2.45, 2.75) is 18.0 Å². The Balaban J connectivity index is 0.00000300. The fraction of sp³-hybridized carbons (Fsp3) is 0.316. The number of nitrogens with one attached hydrogen (secondary N) is 1. The minimum atomic E-state index is -3.72. The zero-order valence-electron chi connectivity index (χ0n) is 15.8. The summed E-state index contributed by atoms with van der Waals surface area (Å²) in [6, 6.07) is 12.4. The van der Waals surface area contributed by atoms with Crippen LogP contribution in [-0.2, 0) is 23.1 Å². The summed E-state index contributed by atoms with van der Waals surface area (Å²) in [6.45, 7) is 2.07. The van der Waals surface area contributed by atoms with Gasteiger partial charge in [0.1, 0.15) is 5.82 Å². The SMILES string of the molecule is I.NC(=NCc1cccc(S(=O)(=O)NCc2cccc(F)c2)c1)N1CCSCC1. The quantitative estimate of drug-likeness (QED) is 0.328. The van der Waals surface area contributed by atoms with Crippen molar-refractivity contribution in [2.75, 3.05) is 24.6 Å². The number of benzene rings is 2. The highest BCUT2D eigenvalue weighted by atomic mass is 127. The minimum absolute atomic E-state index is 0. The van der Waals surface area contributed by atoms with Gasteiger partial charge in [0, 0.05) is 31.1 Å². The highest BCUT2D eigenvalue weighted by Gasteiger charge is 2.15. The molecular formula is C19H24FIN4O2S2. The second kappa shape index (κ2) is 11.1. The van der Waals surface area contributed by atoms with Gasteiger partial charge in [0.25, 0.3) is 0 Å². The number of hydrogen-bond acceptors (Lipinski definition) is 4. The molecule has 1 heterocycles. The lowest BCUT2D eigenvalue weighted by atomic mass is 10.2. The third-order valence-electron chi connectivity index (χ3n) is 4.32. The van der Waals surface area contributed by atoms with Gasteiger partial charge >= 0.3 is 0 Å². The van der Waals surface area contributed by atoms with Crippen LogP contribution in [0.1, 0.15) is 11.1 Å². The van der Waals surface area contributed by atoms with Gasteiger partial charge in [0.2, 0.25) is 10.0 Å². The first-order chi connectivity index (χ1) is 13.4. The molecule has 2 aromatic rings. The molecule has 0 aromatic heterocycles. The monoisotopic (exact) mass is 550 g/mol. The van der Waals surface area contributed by atoms with Crippen LogP contribution in [-0.4, -0.2) is 43.9 Å². The Labute approximate surface area is 192 Å². The van der Waals surface area contributed by atoms with E-state index in [4.69, 9.17) is 5.73 Å². The van der Waals surface area contributed by atoms with Gasteiger partial charge in [-0.3, -0.25) is 0 Å². The number of sulfonamides is 1. The van der Waals surface area contributed by atoms with Crippen LogP contribution in [0.2, 0.25) is 0 Å². The average molecular weight is 550 g/mol. The molecule has 0 aliphatic carbocycles. The van der Waals surface area contributed by atoms with Crippen LogP contribution in [0, 0.1) is 5.82 Å². The smallest absolute Gasteiger partial charge is 0.240 e. The third kappa shape index (κ3) is 7.12. The lowest BCUT2D eigenvalue weighted by Gasteiger charge is -2.27. The molecule has 3 rings (SSSR count). The molecular weight excluding hydrogens is 526 g/mol. The molecule has 1 fully saturated rings. The van der Waals surface area contributed by atoms with Gasteiger partial charge < -0.3 is 10.6 Å². The van der Waals surface area contributed by atoms with E-state index in [0.29, 0.717) is 18.1 Å². The first-order valence-corrected chi connectivity index (χ1v) is 11.5. The largest absolute Gasteiger partial charge is 0.370 e. The number of nitrogens with two attached hydrogens (primary N) is 1. The van der Waals surface area contributed by atoms with E-state index >= 15 is 0 Å². The molecule has 0 unspecified atom stereocenters. The molecule has 158 valence electrons. The number of hydrogen-bond donors (Lipinski definition) is 2. The lowest BCUT2D eigenvalue weighted by Crippen LogP contribution is -2.42. The van der Waals surface area contributed by atoms with E-state index in [0.717, 1.165) is 30.2 Å². The molecule has 1 saturated heterocycles. The summed E-state index contributed by atoms with van der Waals surface area (Å²) in [5.41, 5.74) is 7.36. The normalized spacial score (nSPS) is 15.1. The Hall–Kier alpha value is -1.37. The standard InChI is InChI=1S/C19H23FN4O2S2.HI/c20-17-5-1-3-15(11-17)14-23-28(25,26)18-6-2-4-16(12-18)13-22-19(21)24-7-9-27-10-8-24;/h1-6,11-12,23H,7-10,13-14H2,(H2,21,22);1H. The Kier molecular flexibility index (Phi) is 9.18. The second-order valence-electron chi connectivity index (χ2n) is 6.38. The zero-order chi connectivity index (χ0) is 20.0. The number of aliphatic imine (C=N–C) groups is 1. The van der Waals surface area contributed by atoms with Crippen molar-refractivity contribution in [2.24, 2.45) is 10.7 Å². The van der Waals surface area contributed by atoms with Crippen LogP contribution in [0.25, 0.3) is 0 Å². The number of halogens is 2. The molecule has 1 aliphatic heterocycles. The molecule has 3 N–H and O–H groups in total. The van der Waals surface area contributed by atoms with Crippen LogP contribution < -0.4 is 10.5 Å². The Bertz CT molecular complexity index is 951. The summed E-state index contributed by atoms with van der Waals surface area (Å²) in [4.78, 5) is 6.58. The predicted molar refractivity (Wildman–Crippen MR) is 127 cm³/mol. The molecule has 6 nitrogen and oxygen atoms in total. The van der Waals surface area contributed by atoms with Gasteiger partial charge in [-0.15, -0.1) is 24.0 Å². The summed E-state index contributed by atoms with van der Waals surface area (Å²) in [5, 5.41) is 0. The molecule has 1 aliphatic rings. The van der Waals surface area contributed by atoms with Gasteiger partial charge in [0.15, 0.2) is 5.96 Å². The van der Waals surface area contributed by atoms with E-state index in [1.54, 1.807) is 24.3 Å². The van der Waals surface area contributed by atoms with E-state index in [1.165, 1.54) is 18.2 Å². The summed E-state index contributed by atoms with van der Waals surface area (Å²) >= 11 is 1.89. The lowest BCUT2D eigenvalue weighted by molar-refractivity contribution is 0.455. The van der Waals surface area contributed by atoms with Crippen molar-refractivity contribution >= 4 is 51.7 Å². The Morgan fingerprint density at radius 2 is 1.83 bits per heavy atom. The molecule has 0 spiro atoms. The van der Waals surface area contributed by atoms with Gasteiger partial charge in [-0.25, -0.2) is 22.5 Å². The van der Waals surface area contributed by atoms with E-state index in [-0.39, 0.29) is 35.4 Å². The highest BCUT2D eigenvalue weighted by Crippen LogP contribution is 2.14. The van der Waals surface area contributed by atoms with Crippen molar-refractivity contribution in [1.82, 2.24) is 9.62 Å². The van der Waals surface area contributed by atoms with Crippen molar-refractivity contribution in [3.8, 4) is 0 Å². The highest BCUT2D eigenvalue weighted by molar-refractivity contribution is 14.0. The average Bonchev–Trinajstić information content (AvgIpc) is 2.71. The van der Waals surface area contributed by atoms with Crippen LogP contribution in [0.3, 0.4) is 0 Å². The molecule has 2 aromatic carbocycles. The van der Waals surface area contributed by atoms with Gasteiger partial charge in [-0.05, 0) is 35.4 Å². The van der Waals surface area contributed by atoms with Crippen LogP contribution in [0.4, 0.5) is 4.39 Å². The first-order valence-electron chi connectivity index (χ1n) is 8.90. The van der Waals surface area contributed by atoms with Crippen molar-refractivity contribution < 1.29 is 12.8 Å². The van der Waals surface area contributed by atoms with Crippen LogP contribution >= 0.6 is 35.7 Å². The summed E-state index contributed by atoms with van der Waals surface area (Å²) in [5.74, 6) is 2.14. The molecule has 29 heavy (non-hydrogen) atoms. The Morgan fingerprint density at radius 1 is 1.14 bits per heavy atom. The maximum atomic E-state index is 13.2. The maximum absolute atomic E-state index is 13.2. The van der Waals surface area contributed by atoms with Crippen LogP contribution in [0.5, 0.6) is 0 Å². The Morgan fingerprint density at radius 3 is 2.55 bits per heavy atom. The second-order valence-corrected chi connectivity index (χ2v) is 9.37. The fourth-order valence-corrected chi connectivity index (χ4v) is 4.78. The number of rotatable bonds is 6. The number of thioether (sulfide) groups is 1. The van der Waals surface area contributed by atoms with E-state index in [9.17, 15) is 12.8 Å². The predicted octanol–water partition coefficient (Wildman–Crippen LogP) is 2.79. The molecule has 0 atom stereocenters. The van der Waals surface area contributed by atoms with Crippen molar-refractivity contribution in [1.29, 1.82) is 0 Å². The molecule has 0 amide bonds. The summed E-state index contributed by atoms with van der Waals surface area (Å²) in [7, 11) is -3.72. The first kappa shape index (κ1) is 23.9. The summed E-state index contributed by atoms with van der Waals surface area (Å²) < 4.78 is 40.8. The minimum Gasteiger partial charge on any atom is -0.370 e. The van der Waals surface area contributed by atoms with E-state index < -0.39 is 15.8 Å². The maximum Gasteiger partial charge on any atom is 0.240 e. The van der Waals surface area contributed by atoms with Gasteiger partial charge in [-0.2, -0.15) is 11.8 Å². The molecule has 10 heteroatoms. The van der Waals surface area contributed by atoms with Crippen LogP contribution in [0.15, 0.2) is 58.4 Å².